The fraction of sp³-hybridized carbons (Fsp3) is 0.474. The number of ether oxygens (including phenoxy) is 1. The Balaban J connectivity index is 1.57. The van der Waals surface area contributed by atoms with Crippen LogP contribution in [0, 0.1) is 5.92 Å². The number of aromatic nitrogens is 2. The fourth-order valence-corrected chi connectivity index (χ4v) is 3.69. The summed E-state index contributed by atoms with van der Waals surface area (Å²) in [4.78, 5) is 22.4. The quantitative estimate of drug-likeness (QED) is 0.837. The van der Waals surface area contributed by atoms with Gasteiger partial charge in [-0.05, 0) is 57.2 Å². The molecule has 1 N–H and O–H groups in total. The second-order valence-corrected chi connectivity index (χ2v) is 8.33. The van der Waals surface area contributed by atoms with Gasteiger partial charge in [-0.3, -0.25) is 4.90 Å². The molecule has 25 heavy (non-hydrogen) atoms. The van der Waals surface area contributed by atoms with Crippen LogP contribution >= 0.6 is 11.6 Å². The third-order valence-electron chi connectivity index (χ3n) is 4.78. The Morgan fingerprint density at radius 2 is 2.00 bits per heavy atom. The maximum absolute atomic E-state index is 12.6. The van der Waals surface area contributed by atoms with Crippen LogP contribution in [0.1, 0.15) is 45.5 Å². The summed E-state index contributed by atoms with van der Waals surface area (Å²) in [6, 6.07) is 7.88. The van der Waals surface area contributed by atoms with E-state index < -0.39 is 5.60 Å². The molecule has 132 valence electrons. The lowest BCUT2D eigenvalue weighted by molar-refractivity contribution is 0.0175. The molecule has 1 amide bonds. The van der Waals surface area contributed by atoms with Crippen molar-refractivity contribution in [2.75, 3.05) is 0 Å². The standard InChI is InChI=1S/C19H22ClN3O2/c1-19(2,3)25-18(24)23-15-8-12(15)9-16(23)17-21-10-14(22-17)11-4-6-13(20)7-5-11/h4-7,10,12,15-16H,8-9H2,1-3H3,(H,21,22)/t12-,15-,16+/m1/s1. The second kappa shape index (κ2) is 5.77. The monoisotopic (exact) mass is 359 g/mol. The molecule has 1 aromatic heterocycles. The highest BCUT2D eigenvalue weighted by molar-refractivity contribution is 6.30. The Bertz CT molecular complexity index is 794. The molecule has 0 unspecified atom stereocenters. The van der Waals surface area contributed by atoms with Crippen LogP contribution in [-0.4, -0.2) is 32.6 Å². The number of halogens is 1. The minimum atomic E-state index is -0.494. The number of benzene rings is 1. The summed E-state index contributed by atoms with van der Waals surface area (Å²) < 4.78 is 5.61. The number of hydrogen-bond donors (Lipinski definition) is 1. The van der Waals surface area contributed by atoms with E-state index in [0.29, 0.717) is 17.0 Å². The van der Waals surface area contributed by atoms with Gasteiger partial charge in [-0.2, -0.15) is 0 Å². The minimum absolute atomic E-state index is 0.0420. The van der Waals surface area contributed by atoms with Gasteiger partial charge in [0.05, 0.1) is 17.9 Å². The molecule has 2 fully saturated rings. The van der Waals surface area contributed by atoms with Gasteiger partial charge >= 0.3 is 6.09 Å². The molecule has 2 aromatic rings. The fourth-order valence-electron chi connectivity index (χ4n) is 3.56. The van der Waals surface area contributed by atoms with Crippen molar-refractivity contribution < 1.29 is 9.53 Å². The van der Waals surface area contributed by atoms with Gasteiger partial charge in [0, 0.05) is 11.1 Å². The van der Waals surface area contributed by atoms with E-state index in [1.165, 1.54) is 0 Å². The lowest BCUT2D eigenvalue weighted by Crippen LogP contribution is -2.38. The van der Waals surface area contributed by atoms with Crippen molar-refractivity contribution in [3.8, 4) is 11.3 Å². The van der Waals surface area contributed by atoms with E-state index >= 15 is 0 Å². The zero-order chi connectivity index (χ0) is 17.8. The lowest BCUT2D eigenvalue weighted by Gasteiger charge is -2.29. The molecule has 6 heteroatoms. The van der Waals surface area contributed by atoms with Crippen LogP contribution in [0.5, 0.6) is 0 Å². The molecule has 2 heterocycles. The number of hydrogen-bond acceptors (Lipinski definition) is 3. The maximum atomic E-state index is 12.6. The SMILES string of the molecule is CC(C)(C)OC(=O)N1[C@@H]2C[C@@H]2C[C@H]1c1ncc(-c2ccc(Cl)cc2)[nH]1. The average molecular weight is 360 g/mol. The summed E-state index contributed by atoms with van der Waals surface area (Å²) in [5.74, 6) is 1.39. The van der Waals surface area contributed by atoms with Crippen LogP contribution in [0.25, 0.3) is 11.3 Å². The molecule has 1 saturated heterocycles. The largest absolute Gasteiger partial charge is 0.444 e. The molecule has 1 aliphatic carbocycles. The maximum Gasteiger partial charge on any atom is 0.411 e. The second-order valence-electron chi connectivity index (χ2n) is 7.89. The number of piperidine rings is 1. The van der Waals surface area contributed by atoms with Crippen LogP contribution < -0.4 is 0 Å². The molecule has 1 saturated carbocycles. The highest BCUT2D eigenvalue weighted by Crippen LogP contribution is 2.53. The number of aromatic amines is 1. The number of amides is 1. The van der Waals surface area contributed by atoms with Gasteiger partial charge in [0.1, 0.15) is 11.4 Å². The van der Waals surface area contributed by atoms with Crippen LogP contribution in [-0.2, 0) is 4.74 Å². The van der Waals surface area contributed by atoms with Crippen LogP contribution in [0.3, 0.4) is 0 Å². The Morgan fingerprint density at radius 1 is 1.28 bits per heavy atom. The first-order valence-corrected chi connectivity index (χ1v) is 9.02. The number of H-pyrrole nitrogens is 1. The van der Waals surface area contributed by atoms with Crippen LogP contribution in [0.15, 0.2) is 30.5 Å². The number of nitrogens with zero attached hydrogens (tertiary/aromatic N) is 2. The molecule has 0 radical (unpaired) electrons. The third-order valence-corrected chi connectivity index (χ3v) is 5.03. The van der Waals surface area contributed by atoms with Crippen molar-refractivity contribution in [2.24, 2.45) is 5.92 Å². The summed E-state index contributed by atoms with van der Waals surface area (Å²) in [6.07, 6.45) is 3.58. The first-order valence-electron chi connectivity index (χ1n) is 8.64. The van der Waals surface area contributed by atoms with Gasteiger partial charge < -0.3 is 9.72 Å². The topological polar surface area (TPSA) is 58.2 Å². The van der Waals surface area contributed by atoms with Gasteiger partial charge in [-0.15, -0.1) is 0 Å². The minimum Gasteiger partial charge on any atom is -0.444 e. The first kappa shape index (κ1) is 16.5. The van der Waals surface area contributed by atoms with Gasteiger partial charge in [0.25, 0.3) is 0 Å². The Labute approximate surface area is 152 Å². The average Bonchev–Trinajstić information content (AvgIpc) is 2.97. The summed E-state index contributed by atoms with van der Waals surface area (Å²) in [5.41, 5.74) is 1.46. The van der Waals surface area contributed by atoms with Crippen LogP contribution in [0.4, 0.5) is 4.79 Å². The molecule has 0 spiro atoms. The van der Waals surface area contributed by atoms with Crippen molar-refractivity contribution in [1.29, 1.82) is 0 Å². The number of carbonyl (C=O) groups excluding carboxylic acids is 1. The van der Waals surface area contributed by atoms with E-state index in [1.807, 2.05) is 56.1 Å². The van der Waals surface area contributed by atoms with E-state index in [1.54, 1.807) is 0 Å². The zero-order valence-corrected chi connectivity index (χ0v) is 15.4. The van der Waals surface area contributed by atoms with E-state index in [4.69, 9.17) is 16.3 Å². The van der Waals surface area contributed by atoms with Crippen molar-refractivity contribution in [3.63, 3.8) is 0 Å². The van der Waals surface area contributed by atoms with E-state index in [0.717, 1.165) is 29.9 Å². The molecule has 1 aliphatic heterocycles. The van der Waals surface area contributed by atoms with E-state index in [9.17, 15) is 4.79 Å². The third kappa shape index (κ3) is 3.25. The summed E-state index contributed by atoms with van der Waals surface area (Å²) in [6.45, 7) is 5.68. The Hall–Kier alpha value is -2.01. The van der Waals surface area contributed by atoms with Crippen molar-refractivity contribution in [3.05, 3.63) is 41.3 Å². The highest BCUT2D eigenvalue weighted by atomic mass is 35.5. The number of likely N-dealkylation sites (tertiary alicyclic amines) is 1. The number of carbonyl (C=O) groups is 1. The molecule has 0 bridgehead atoms. The highest BCUT2D eigenvalue weighted by Gasteiger charge is 2.56. The van der Waals surface area contributed by atoms with Crippen molar-refractivity contribution >= 4 is 17.7 Å². The number of imidazole rings is 1. The first-order chi connectivity index (χ1) is 11.8. The number of fused-ring (bicyclic) bond motifs is 1. The predicted molar refractivity (Wildman–Crippen MR) is 96.4 cm³/mol. The summed E-state index contributed by atoms with van der Waals surface area (Å²) in [5, 5.41) is 0.704. The Morgan fingerprint density at radius 3 is 2.68 bits per heavy atom. The van der Waals surface area contributed by atoms with E-state index in [-0.39, 0.29) is 12.1 Å². The number of nitrogens with one attached hydrogen (secondary N) is 1. The Kier molecular flexibility index (Phi) is 3.80. The number of rotatable bonds is 2. The van der Waals surface area contributed by atoms with Crippen molar-refractivity contribution in [1.82, 2.24) is 14.9 Å². The summed E-state index contributed by atoms with van der Waals surface area (Å²) in [7, 11) is 0. The normalized spacial score (nSPS) is 25.0. The molecule has 2 aliphatic rings. The molecular formula is C19H22ClN3O2. The van der Waals surface area contributed by atoms with Gasteiger partial charge in [-0.25, -0.2) is 9.78 Å². The zero-order valence-electron chi connectivity index (χ0n) is 14.6. The molecule has 1 aromatic carbocycles. The molecular weight excluding hydrogens is 338 g/mol. The van der Waals surface area contributed by atoms with Gasteiger partial charge in [0.15, 0.2) is 0 Å². The molecule has 5 nitrogen and oxygen atoms in total. The summed E-state index contributed by atoms with van der Waals surface area (Å²) >= 11 is 5.95. The van der Waals surface area contributed by atoms with Gasteiger partial charge in [-0.1, -0.05) is 23.7 Å². The smallest absolute Gasteiger partial charge is 0.411 e. The van der Waals surface area contributed by atoms with Crippen LogP contribution in [0.2, 0.25) is 5.02 Å². The van der Waals surface area contributed by atoms with Gasteiger partial charge in [0.2, 0.25) is 0 Å². The lowest BCUT2D eigenvalue weighted by atomic mass is 10.1. The predicted octanol–water partition coefficient (Wildman–Crippen LogP) is 4.80. The van der Waals surface area contributed by atoms with E-state index in [2.05, 4.69) is 9.97 Å². The molecule has 3 atom stereocenters. The molecule has 4 rings (SSSR count). The van der Waals surface area contributed by atoms with Crippen molar-refractivity contribution in [2.45, 2.75) is 51.3 Å².